The van der Waals surface area contributed by atoms with Gasteiger partial charge in [-0.25, -0.2) is 8.42 Å². The van der Waals surface area contributed by atoms with Crippen LogP contribution in [0.1, 0.15) is 6.92 Å². The summed E-state index contributed by atoms with van der Waals surface area (Å²) in [7, 11) is -0.660. The molecule has 7 heteroatoms. The largest absolute Gasteiger partial charge is 0.481 e. The lowest BCUT2D eigenvalue weighted by Gasteiger charge is -2.05. The number of hydrogen-bond acceptors (Lipinski definition) is 6. The summed E-state index contributed by atoms with van der Waals surface area (Å²) < 4.78 is 32.7. The SMILES string of the molecule is CCS(=O)(=O)c1nc(OC)cc(OC)n1. The normalized spacial score (nSPS) is 11.1. The van der Waals surface area contributed by atoms with Crippen molar-refractivity contribution in [3.8, 4) is 11.8 Å². The van der Waals surface area contributed by atoms with Crippen molar-refractivity contribution in [2.45, 2.75) is 12.1 Å². The minimum Gasteiger partial charge on any atom is -0.481 e. The first-order chi connectivity index (χ1) is 7.03. The molecule has 0 aromatic carbocycles. The van der Waals surface area contributed by atoms with Crippen molar-refractivity contribution in [1.29, 1.82) is 0 Å². The van der Waals surface area contributed by atoms with Crippen LogP contribution in [-0.2, 0) is 9.84 Å². The van der Waals surface area contributed by atoms with Gasteiger partial charge in [0.15, 0.2) is 0 Å². The van der Waals surface area contributed by atoms with E-state index in [0.29, 0.717) is 0 Å². The summed E-state index contributed by atoms with van der Waals surface area (Å²) in [4.78, 5) is 7.48. The highest BCUT2D eigenvalue weighted by atomic mass is 32.2. The second-order valence-corrected chi connectivity index (χ2v) is 4.81. The van der Waals surface area contributed by atoms with Crippen LogP contribution in [0.15, 0.2) is 11.2 Å². The van der Waals surface area contributed by atoms with Crippen LogP contribution in [0.5, 0.6) is 11.8 Å². The molecule has 1 aromatic rings. The smallest absolute Gasteiger partial charge is 0.253 e. The van der Waals surface area contributed by atoms with Crippen molar-refractivity contribution in [2.24, 2.45) is 0 Å². The Morgan fingerprint density at radius 3 is 2.00 bits per heavy atom. The van der Waals surface area contributed by atoms with Gasteiger partial charge in [0.05, 0.1) is 26.0 Å². The summed E-state index contributed by atoms with van der Waals surface area (Å²) in [6.45, 7) is 1.52. The second-order valence-electron chi connectivity index (χ2n) is 2.64. The monoisotopic (exact) mass is 232 g/mol. The number of methoxy groups -OCH3 is 2. The van der Waals surface area contributed by atoms with Gasteiger partial charge in [-0.3, -0.25) is 0 Å². The molecule has 1 rings (SSSR count). The Labute approximate surface area is 88.2 Å². The molecule has 0 fully saturated rings. The Morgan fingerprint density at radius 1 is 1.20 bits per heavy atom. The van der Waals surface area contributed by atoms with E-state index < -0.39 is 9.84 Å². The molecule has 0 aliphatic rings. The minimum atomic E-state index is -3.45. The topological polar surface area (TPSA) is 78.4 Å². The van der Waals surface area contributed by atoms with Crippen LogP contribution in [0, 0.1) is 0 Å². The Kier molecular flexibility index (Phi) is 3.46. The van der Waals surface area contributed by atoms with Crippen molar-refractivity contribution < 1.29 is 17.9 Å². The van der Waals surface area contributed by atoms with Gasteiger partial charge in [-0.2, -0.15) is 9.97 Å². The lowest BCUT2D eigenvalue weighted by Crippen LogP contribution is -2.10. The van der Waals surface area contributed by atoms with Crippen molar-refractivity contribution >= 4 is 9.84 Å². The van der Waals surface area contributed by atoms with Crippen molar-refractivity contribution in [2.75, 3.05) is 20.0 Å². The van der Waals surface area contributed by atoms with Crippen LogP contribution in [0.3, 0.4) is 0 Å². The highest BCUT2D eigenvalue weighted by Gasteiger charge is 2.18. The molecule has 0 radical (unpaired) electrons. The molecule has 0 aliphatic carbocycles. The van der Waals surface area contributed by atoms with Crippen molar-refractivity contribution in [3.05, 3.63) is 6.07 Å². The number of ether oxygens (including phenoxy) is 2. The summed E-state index contributed by atoms with van der Waals surface area (Å²) >= 11 is 0. The Bertz CT molecular complexity index is 422. The average Bonchev–Trinajstić information content (AvgIpc) is 2.28. The molecule has 1 aromatic heterocycles. The third-order valence-electron chi connectivity index (χ3n) is 1.74. The maximum absolute atomic E-state index is 11.5. The van der Waals surface area contributed by atoms with E-state index in [9.17, 15) is 8.42 Å². The van der Waals surface area contributed by atoms with Gasteiger partial charge >= 0.3 is 0 Å². The molecule has 0 unspecified atom stereocenters. The predicted octanol–water partition coefficient (Wildman–Crippen LogP) is 0.287. The van der Waals surface area contributed by atoms with Gasteiger partial charge < -0.3 is 9.47 Å². The van der Waals surface area contributed by atoms with Crippen LogP contribution in [0.4, 0.5) is 0 Å². The van der Waals surface area contributed by atoms with E-state index in [1.165, 1.54) is 27.2 Å². The molecule has 0 spiro atoms. The molecule has 0 atom stereocenters. The summed E-state index contributed by atoms with van der Waals surface area (Å²) in [6, 6.07) is 1.41. The zero-order valence-corrected chi connectivity index (χ0v) is 9.54. The number of nitrogens with zero attached hydrogens (tertiary/aromatic N) is 2. The van der Waals surface area contributed by atoms with Crippen LogP contribution in [-0.4, -0.2) is 38.4 Å². The number of aromatic nitrogens is 2. The van der Waals surface area contributed by atoms with Crippen LogP contribution < -0.4 is 9.47 Å². The van der Waals surface area contributed by atoms with Gasteiger partial charge in [0.1, 0.15) is 0 Å². The summed E-state index contributed by atoms with van der Waals surface area (Å²) in [6.07, 6.45) is 0. The van der Waals surface area contributed by atoms with E-state index in [1.807, 2.05) is 0 Å². The number of sulfone groups is 1. The maximum atomic E-state index is 11.5. The molecule has 0 amide bonds. The predicted molar refractivity (Wildman–Crippen MR) is 52.9 cm³/mol. The Morgan fingerprint density at radius 2 is 1.67 bits per heavy atom. The van der Waals surface area contributed by atoms with Gasteiger partial charge in [0.2, 0.25) is 21.6 Å². The third kappa shape index (κ3) is 2.56. The molecular weight excluding hydrogens is 220 g/mol. The summed E-state index contributed by atoms with van der Waals surface area (Å²) in [5.41, 5.74) is 0. The first-order valence-corrected chi connectivity index (χ1v) is 5.88. The average molecular weight is 232 g/mol. The minimum absolute atomic E-state index is 0.0661. The van der Waals surface area contributed by atoms with E-state index in [0.717, 1.165) is 0 Å². The molecular formula is C8H12N2O4S. The van der Waals surface area contributed by atoms with E-state index >= 15 is 0 Å². The third-order valence-corrected chi connectivity index (χ3v) is 3.23. The van der Waals surface area contributed by atoms with E-state index in [4.69, 9.17) is 9.47 Å². The molecule has 0 saturated carbocycles. The number of hydrogen-bond donors (Lipinski definition) is 0. The molecule has 0 saturated heterocycles. The van der Waals surface area contributed by atoms with E-state index in [-0.39, 0.29) is 22.7 Å². The lowest BCUT2D eigenvalue weighted by atomic mass is 10.6. The highest BCUT2D eigenvalue weighted by molar-refractivity contribution is 7.91. The standard InChI is InChI=1S/C8H12N2O4S/c1-4-15(11,12)8-9-6(13-2)5-7(10-8)14-3/h5H,4H2,1-3H3. The number of rotatable bonds is 4. The molecule has 0 aliphatic heterocycles. The molecule has 15 heavy (non-hydrogen) atoms. The zero-order valence-electron chi connectivity index (χ0n) is 8.72. The maximum Gasteiger partial charge on any atom is 0.253 e. The summed E-state index contributed by atoms with van der Waals surface area (Å²) in [5.74, 6) is 0.256. The fourth-order valence-corrected chi connectivity index (χ4v) is 1.58. The highest BCUT2D eigenvalue weighted by Crippen LogP contribution is 2.17. The van der Waals surface area contributed by atoms with E-state index in [2.05, 4.69) is 9.97 Å². The lowest BCUT2D eigenvalue weighted by molar-refractivity contribution is 0.362. The van der Waals surface area contributed by atoms with Crippen LogP contribution in [0.25, 0.3) is 0 Å². The van der Waals surface area contributed by atoms with Gasteiger partial charge in [0.25, 0.3) is 5.16 Å². The van der Waals surface area contributed by atoms with Crippen LogP contribution >= 0.6 is 0 Å². The van der Waals surface area contributed by atoms with Crippen molar-refractivity contribution in [3.63, 3.8) is 0 Å². The van der Waals surface area contributed by atoms with Gasteiger partial charge in [-0.1, -0.05) is 6.92 Å². The molecule has 6 nitrogen and oxygen atoms in total. The van der Waals surface area contributed by atoms with Gasteiger partial charge in [-0.15, -0.1) is 0 Å². The zero-order chi connectivity index (χ0) is 11.5. The Balaban J connectivity index is 3.30. The molecule has 0 N–H and O–H groups in total. The first-order valence-electron chi connectivity index (χ1n) is 4.23. The van der Waals surface area contributed by atoms with Crippen LogP contribution in [0.2, 0.25) is 0 Å². The fourth-order valence-electron chi connectivity index (χ4n) is 0.861. The molecule has 0 bridgehead atoms. The quantitative estimate of drug-likeness (QED) is 0.694. The van der Waals surface area contributed by atoms with Crippen molar-refractivity contribution in [1.82, 2.24) is 9.97 Å². The van der Waals surface area contributed by atoms with E-state index in [1.54, 1.807) is 0 Å². The van der Waals surface area contributed by atoms with Gasteiger partial charge in [0, 0.05) is 0 Å². The fraction of sp³-hybridized carbons (Fsp3) is 0.500. The molecule has 84 valence electrons. The molecule has 1 heterocycles. The Hall–Kier alpha value is -1.37. The second kappa shape index (κ2) is 4.43. The summed E-state index contributed by atoms with van der Waals surface area (Å²) in [5, 5.41) is -0.277. The first kappa shape index (κ1) is 11.7. The van der Waals surface area contributed by atoms with Gasteiger partial charge in [-0.05, 0) is 0 Å².